The normalized spacial score (nSPS) is 11.4. The van der Waals surface area contributed by atoms with E-state index >= 15 is 0 Å². The van der Waals surface area contributed by atoms with E-state index in [1.54, 1.807) is 31.8 Å². The van der Waals surface area contributed by atoms with Crippen LogP contribution in [0.3, 0.4) is 0 Å². The highest BCUT2D eigenvalue weighted by Gasteiger charge is 2.17. The fourth-order valence-corrected chi connectivity index (χ4v) is 2.80. The van der Waals surface area contributed by atoms with Gasteiger partial charge >= 0.3 is 5.69 Å². The predicted molar refractivity (Wildman–Crippen MR) is 105 cm³/mol. The van der Waals surface area contributed by atoms with Gasteiger partial charge in [0, 0.05) is 20.6 Å². The average Bonchev–Trinajstić information content (AvgIpc) is 2.99. The van der Waals surface area contributed by atoms with Crippen LogP contribution in [0.1, 0.15) is 19.4 Å². The molecule has 9 nitrogen and oxygen atoms in total. The monoisotopic (exact) mass is 370 g/mol. The van der Waals surface area contributed by atoms with Crippen molar-refractivity contribution in [2.24, 2.45) is 19.2 Å². The molecule has 142 valence electrons. The number of hydrazone groups is 1. The molecular formula is C18H22N6O3. The minimum Gasteiger partial charge on any atom is -0.494 e. The number of hydrogen-bond donors (Lipinski definition) is 1. The van der Waals surface area contributed by atoms with Gasteiger partial charge in [0.25, 0.3) is 5.56 Å². The lowest BCUT2D eigenvalue weighted by atomic mass is 10.2. The van der Waals surface area contributed by atoms with Crippen LogP contribution in [0.4, 0.5) is 5.95 Å². The third kappa shape index (κ3) is 3.35. The zero-order valence-electron chi connectivity index (χ0n) is 15.8. The topological polar surface area (TPSA) is 95.4 Å². The van der Waals surface area contributed by atoms with E-state index in [9.17, 15) is 9.59 Å². The van der Waals surface area contributed by atoms with Gasteiger partial charge in [-0.2, -0.15) is 10.1 Å². The lowest BCUT2D eigenvalue weighted by Crippen LogP contribution is -2.39. The summed E-state index contributed by atoms with van der Waals surface area (Å²) in [5.41, 5.74) is 3.61. The smallest absolute Gasteiger partial charge is 0.332 e. The van der Waals surface area contributed by atoms with Gasteiger partial charge in [-0.3, -0.25) is 13.9 Å². The molecule has 0 saturated carbocycles. The van der Waals surface area contributed by atoms with E-state index in [2.05, 4.69) is 15.5 Å². The molecule has 0 bridgehead atoms. The Balaban J connectivity index is 1.90. The van der Waals surface area contributed by atoms with Crippen molar-refractivity contribution in [1.82, 2.24) is 18.7 Å². The highest BCUT2D eigenvalue weighted by molar-refractivity contribution is 5.80. The number of ether oxygens (including phenoxy) is 1. The zero-order valence-corrected chi connectivity index (χ0v) is 15.8. The summed E-state index contributed by atoms with van der Waals surface area (Å²) in [6.45, 7) is 4.60. The molecule has 0 saturated heterocycles. The van der Waals surface area contributed by atoms with Crippen LogP contribution in [0, 0.1) is 0 Å². The molecular weight excluding hydrogens is 348 g/mol. The van der Waals surface area contributed by atoms with Crippen molar-refractivity contribution in [3.8, 4) is 5.75 Å². The van der Waals surface area contributed by atoms with Crippen molar-refractivity contribution < 1.29 is 4.74 Å². The molecule has 0 radical (unpaired) electrons. The van der Waals surface area contributed by atoms with Crippen LogP contribution >= 0.6 is 0 Å². The lowest BCUT2D eigenvalue weighted by molar-refractivity contribution is 0.340. The van der Waals surface area contributed by atoms with E-state index in [0.29, 0.717) is 30.3 Å². The number of rotatable bonds is 6. The molecule has 0 amide bonds. The van der Waals surface area contributed by atoms with Gasteiger partial charge in [0.05, 0.1) is 12.8 Å². The van der Waals surface area contributed by atoms with Crippen LogP contribution in [0.5, 0.6) is 5.75 Å². The molecule has 2 heterocycles. The van der Waals surface area contributed by atoms with Gasteiger partial charge in [0.15, 0.2) is 11.2 Å². The maximum atomic E-state index is 12.6. The molecule has 9 heteroatoms. The molecule has 0 aliphatic carbocycles. The second kappa shape index (κ2) is 7.48. The molecule has 0 aliphatic heterocycles. The fourth-order valence-electron chi connectivity index (χ4n) is 2.80. The molecule has 3 aromatic rings. The van der Waals surface area contributed by atoms with Crippen molar-refractivity contribution in [2.45, 2.75) is 20.4 Å². The summed E-state index contributed by atoms with van der Waals surface area (Å²) in [7, 11) is 3.30. The standard InChI is InChI=1S/C18H22N6O3/c1-5-24-16(25)14-15(23(4)18(24)26)20-17(22(14)3)21-19-11-12-7-9-13(10-8-12)27-6-2/h7-11H,5-6H2,1-4H3,(H,20,21). The van der Waals surface area contributed by atoms with Gasteiger partial charge in [-0.25, -0.2) is 10.2 Å². The molecule has 0 unspecified atom stereocenters. The number of benzene rings is 1. The van der Waals surface area contributed by atoms with Crippen LogP contribution in [0.15, 0.2) is 39.0 Å². The van der Waals surface area contributed by atoms with Crippen LogP contribution < -0.4 is 21.4 Å². The molecule has 1 aromatic carbocycles. The number of hydrogen-bond acceptors (Lipinski definition) is 6. The second-order valence-electron chi connectivity index (χ2n) is 5.93. The first-order valence-electron chi connectivity index (χ1n) is 8.66. The Morgan fingerprint density at radius 1 is 1.15 bits per heavy atom. The van der Waals surface area contributed by atoms with Gasteiger partial charge in [0.1, 0.15) is 5.75 Å². The fraction of sp³-hybridized carbons (Fsp3) is 0.333. The van der Waals surface area contributed by atoms with Crippen LogP contribution in [0.25, 0.3) is 11.2 Å². The van der Waals surface area contributed by atoms with Crippen LogP contribution in [0.2, 0.25) is 0 Å². The third-order valence-corrected chi connectivity index (χ3v) is 4.25. The van der Waals surface area contributed by atoms with E-state index in [4.69, 9.17) is 4.74 Å². The number of aromatic nitrogens is 4. The van der Waals surface area contributed by atoms with Crippen molar-refractivity contribution in [2.75, 3.05) is 12.0 Å². The minimum atomic E-state index is -0.391. The molecule has 0 aliphatic rings. The molecule has 3 rings (SSSR count). The number of nitrogens with one attached hydrogen (secondary N) is 1. The molecule has 0 fully saturated rings. The van der Waals surface area contributed by atoms with Crippen molar-refractivity contribution >= 4 is 23.3 Å². The van der Waals surface area contributed by atoms with E-state index < -0.39 is 5.69 Å². The highest BCUT2D eigenvalue weighted by atomic mass is 16.5. The lowest BCUT2D eigenvalue weighted by Gasteiger charge is -2.05. The Labute approximate surface area is 155 Å². The predicted octanol–water partition coefficient (Wildman–Crippen LogP) is 1.30. The number of imidazole rings is 1. The third-order valence-electron chi connectivity index (χ3n) is 4.25. The van der Waals surface area contributed by atoms with Crippen LogP contribution in [-0.4, -0.2) is 31.5 Å². The Kier molecular flexibility index (Phi) is 5.11. The highest BCUT2D eigenvalue weighted by Crippen LogP contribution is 2.14. The summed E-state index contributed by atoms with van der Waals surface area (Å²) in [6, 6.07) is 7.50. The van der Waals surface area contributed by atoms with Gasteiger partial charge in [0.2, 0.25) is 5.95 Å². The Bertz CT molecular complexity index is 1110. The first kappa shape index (κ1) is 18.4. The SMILES string of the molecule is CCOc1ccc(C=NNc2nc3c(c(=O)n(CC)c(=O)n3C)n2C)cc1. The van der Waals surface area contributed by atoms with Crippen LogP contribution in [-0.2, 0) is 20.6 Å². The molecule has 27 heavy (non-hydrogen) atoms. The number of nitrogens with zero attached hydrogens (tertiary/aromatic N) is 5. The minimum absolute atomic E-state index is 0.297. The number of anilines is 1. The van der Waals surface area contributed by atoms with E-state index in [-0.39, 0.29) is 5.56 Å². The molecule has 0 atom stereocenters. The van der Waals surface area contributed by atoms with Gasteiger partial charge < -0.3 is 9.30 Å². The second-order valence-corrected chi connectivity index (χ2v) is 5.93. The van der Waals surface area contributed by atoms with Gasteiger partial charge in [-0.15, -0.1) is 0 Å². The summed E-state index contributed by atoms with van der Waals surface area (Å²) >= 11 is 0. The number of aryl methyl sites for hydroxylation is 2. The van der Waals surface area contributed by atoms with E-state index in [1.807, 2.05) is 31.2 Å². The zero-order chi connectivity index (χ0) is 19.6. The maximum absolute atomic E-state index is 12.6. The molecule has 2 aromatic heterocycles. The van der Waals surface area contributed by atoms with Crippen molar-refractivity contribution in [3.63, 3.8) is 0 Å². The molecule has 1 N–H and O–H groups in total. The quantitative estimate of drug-likeness (QED) is 0.521. The van der Waals surface area contributed by atoms with Gasteiger partial charge in [-0.1, -0.05) is 0 Å². The largest absolute Gasteiger partial charge is 0.494 e. The van der Waals surface area contributed by atoms with Crippen molar-refractivity contribution in [3.05, 3.63) is 50.7 Å². The van der Waals surface area contributed by atoms with E-state index in [1.165, 1.54) is 9.13 Å². The Morgan fingerprint density at radius 2 is 1.85 bits per heavy atom. The number of fused-ring (bicyclic) bond motifs is 1. The van der Waals surface area contributed by atoms with E-state index in [0.717, 1.165) is 11.3 Å². The summed E-state index contributed by atoms with van der Waals surface area (Å²) < 4.78 is 9.54. The summed E-state index contributed by atoms with van der Waals surface area (Å²) in [5, 5.41) is 4.17. The Morgan fingerprint density at radius 3 is 2.48 bits per heavy atom. The first-order chi connectivity index (χ1) is 13.0. The summed E-state index contributed by atoms with van der Waals surface area (Å²) in [5.74, 6) is 1.17. The maximum Gasteiger partial charge on any atom is 0.332 e. The Hall–Kier alpha value is -3.36. The van der Waals surface area contributed by atoms with Gasteiger partial charge in [-0.05, 0) is 43.7 Å². The van der Waals surface area contributed by atoms with Crippen molar-refractivity contribution in [1.29, 1.82) is 0 Å². The summed E-state index contributed by atoms with van der Waals surface area (Å²) in [4.78, 5) is 29.1. The average molecular weight is 370 g/mol. The first-order valence-corrected chi connectivity index (χ1v) is 8.66. The molecule has 0 spiro atoms. The summed E-state index contributed by atoms with van der Waals surface area (Å²) in [6.07, 6.45) is 1.64.